The average molecular weight is 411 g/mol. The molecule has 1 amide bonds. The van der Waals surface area contributed by atoms with Gasteiger partial charge in [0.15, 0.2) is 11.0 Å². The van der Waals surface area contributed by atoms with E-state index in [4.69, 9.17) is 4.74 Å². The Hall–Kier alpha value is -2.80. The average Bonchev–Trinajstić information content (AvgIpc) is 3.10. The van der Waals surface area contributed by atoms with E-state index < -0.39 is 0 Å². The largest absolute Gasteiger partial charge is 0.493 e. The zero-order valence-electron chi connectivity index (χ0n) is 16.9. The van der Waals surface area contributed by atoms with E-state index in [1.165, 1.54) is 0 Å². The minimum Gasteiger partial charge on any atom is -0.493 e. The van der Waals surface area contributed by atoms with Gasteiger partial charge in [0.1, 0.15) is 5.75 Å². The minimum absolute atomic E-state index is 0.113. The van der Waals surface area contributed by atoms with Gasteiger partial charge in [0.2, 0.25) is 0 Å². The van der Waals surface area contributed by atoms with Gasteiger partial charge in [-0.25, -0.2) is 0 Å². The maximum absolute atomic E-state index is 12.6. The van der Waals surface area contributed by atoms with E-state index in [0.29, 0.717) is 12.2 Å². The van der Waals surface area contributed by atoms with Crippen molar-refractivity contribution in [3.05, 3.63) is 72.1 Å². The summed E-state index contributed by atoms with van der Waals surface area (Å²) in [4.78, 5) is 12.6. The van der Waals surface area contributed by atoms with Crippen molar-refractivity contribution in [2.75, 3.05) is 12.4 Å². The molecule has 1 N–H and O–H groups in total. The number of nitrogens with zero attached hydrogens (tertiary/aromatic N) is 3. The molecule has 0 aliphatic heterocycles. The molecule has 0 aliphatic carbocycles. The molecule has 2 aromatic carbocycles. The standard InChI is InChI=1S/C22H26N4O2S/c1-16(2)19(23-21(27)17-10-6-4-7-11-17)20-24-25-22(26(20)3)29-15-14-28-18-12-8-5-9-13-18/h4-13,16,19H,14-15H2,1-3H3,(H,23,27)/t19-/m1/s1. The number of ether oxygens (including phenoxy) is 1. The molecule has 0 radical (unpaired) electrons. The fraction of sp³-hybridized carbons (Fsp3) is 0.318. The van der Waals surface area contributed by atoms with Gasteiger partial charge in [0, 0.05) is 18.4 Å². The molecule has 0 bridgehead atoms. The van der Waals surface area contributed by atoms with Gasteiger partial charge in [0.25, 0.3) is 5.91 Å². The summed E-state index contributed by atoms with van der Waals surface area (Å²) in [6, 6.07) is 18.7. The van der Waals surface area contributed by atoms with Crippen molar-refractivity contribution < 1.29 is 9.53 Å². The van der Waals surface area contributed by atoms with Crippen LogP contribution in [0.25, 0.3) is 0 Å². The van der Waals surface area contributed by atoms with E-state index in [1.807, 2.05) is 60.1 Å². The molecule has 1 atom stereocenters. The van der Waals surface area contributed by atoms with E-state index in [-0.39, 0.29) is 17.9 Å². The summed E-state index contributed by atoms with van der Waals surface area (Å²) in [5.74, 6) is 2.41. The zero-order chi connectivity index (χ0) is 20.6. The Morgan fingerprint density at radius 3 is 2.38 bits per heavy atom. The monoisotopic (exact) mass is 410 g/mol. The molecule has 1 heterocycles. The van der Waals surface area contributed by atoms with Gasteiger partial charge in [0.05, 0.1) is 12.6 Å². The van der Waals surface area contributed by atoms with E-state index in [9.17, 15) is 4.79 Å². The topological polar surface area (TPSA) is 69.0 Å². The first-order chi connectivity index (χ1) is 14.1. The highest BCUT2D eigenvalue weighted by atomic mass is 32.2. The number of aromatic nitrogens is 3. The van der Waals surface area contributed by atoms with E-state index >= 15 is 0 Å². The predicted octanol–water partition coefficient (Wildman–Crippen LogP) is 4.11. The number of amides is 1. The van der Waals surface area contributed by atoms with Crippen molar-refractivity contribution in [2.45, 2.75) is 25.0 Å². The number of para-hydroxylation sites is 1. The molecule has 0 saturated carbocycles. The summed E-state index contributed by atoms with van der Waals surface area (Å²) in [5, 5.41) is 12.6. The fourth-order valence-corrected chi connectivity index (χ4v) is 3.61. The summed E-state index contributed by atoms with van der Waals surface area (Å²) in [6.07, 6.45) is 0. The highest BCUT2D eigenvalue weighted by molar-refractivity contribution is 7.99. The Kier molecular flexibility index (Phi) is 7.30. The predicted molar refractivity (Wildman–Crippen MR) is 115 cm³/mol. The van der Waals surface area contributed by atoms with Crippen LogP contribution in [0.2, 0.25) is 0 Å². The quantitative estimate of drug-likeness (QED) is 0.425. The summed E-state index contributed by atoms with van der Waals surface area (Å²) >= 11 is 1.58. The first kappa shape index (κ1) is 20.9. The molecular formula is C22H26N4O2S. The highest BCUT2D eigenvalue weighted by Gasteiger charge is 2.25. The molecule has 1 aromatic heterocycles. The van der Waals surface area contributed by atoms with Crippen LogP contribution >= 0.6 is 11.8 Å². The number of carbonyl (C=O) groups excluding carboxylic acids is 1. The SMILES string of the molecule is CC(C)[C@@H](NC(=O)c1ccccc1)c1nnc(SCCOc2ccccc2)n1C. The van der Waals surface area contributed by atoms with Crippen LogP contribution < -0.4 is 10.1 Å². The van der Waals surface area contributed by atoms with Crippen molar-refractivity contribution >= 4 is 17.7 Å². The second kappa shape index (κ2) is 10.1. The summed E-state index contributed by atoms with van der Waals surface area (Å²) < 4.78 is 7.67. The lowest BCUT2D eigenvalue weighted by Gasteiger charge is -2.21. The molecule has 0 aliphatic rings. The Morgan fingerprint density at radius 1 is 1.07 bits per heavy atom. The van der Waals surface area contributed by atoms with Gasteiger partial charge < -0.3 is 14.6 Å². The molecule has 29 heavy (non-hydrogen) atoms. The van der Waals surface area contributed by atoms with Crippen LogP contribution in [-0.2, 0) is 7.05 Å². The highest BCUT2D eigenvalue weighted by Crippen LogP contribution is 2.24. The van der Waals surface area contributed by atoms with Crippen molar-refractivity contribution in [3.63, 3.8) is 0 Å². The lowest BCUT2D eigenvalue weighted by Crippen LogP contribution is -2.33. The Morgan fingerprint density at radius 2 is 1.72 bits per heavy atom. The minimum atomic E-state index is -0.227. The number of hydrogen-bond acceptors (Lipinski definition) is 5. The Bertz CT molecular complexity index is 913. The van der Waals surface area contributed by atoms with Gasteiger partial charge in [-0.15, -0.1) is 10.2 Å². The van der Waals surface area contributed by atoms with E-state index in [0.717, 1.165) is 22.5 Å². The molecule has 152 valence electrons. The van der Waals surface area contributed by atoms with Crippen molar-refractivity contribution in [2.24, 2.45) is 13.0 Å². The second-order valence-electron chi connectivity index (χ2n) is 6.97. The normalized spacial score (nSPS) is 12.0. The smallest absolute Gasteiger partial charge is 0.251 e. The summed E-state index contributed by atoms with van der Waals surface area (Å²) in [6.45, 7) is 4.70. The number of benzene rings is 2. The molecule has 3 rings (SSSR count). The van der Waals surface area contributed by atoms with Crippen molar-refractivity contribution in [3.8, 4) is 5.75 Å². The molecule has 0 fully saturated rings. The third kappa shape index (κ3) is 5.60. The molecule has 0 unspecified atom stereocenters. The number of hydrogen-bond donors (Lipinski definition) is 1. The van der Waals surface area contributed by atoms with E-state index in [1.54, 1.807) is 23.9 Å². The van der Waals surface area contributed by atoms with Crippen LogP contribution in [0.4, 0.5) is 0 Å². The number of carbonyl (C=O) groups is 1. The Balaban J connectivity index is 1.61. The van der Waals surface area contributed by atoms with Gasteiger partial charge >= 0.3 is 0 Å². The van der Waals surface area contributed by atoms with Crippen molar-refractivity contribution in [1.29, 1.82) is 0 Å². The van der Waals surface area contributed by atoms with Gasteiger partial charge in [-0.1, -0.05) is 62.0 Å². The maximum Gasteiger partial charge on any atom is 0.251 e. The van der Waals surface area contributed by atoms with Gasteiger partial charge in [-0.2, -0.15) is 0 Å². The molecule has 3 aromatic rings. The van der Waals surface area contributed by atoms with Crippen LogP contribution in [0.15, 0.2) is 65.8 Å². The molecule has 0 spiro atoms. The zero-order valence-corrected chi connectivity index (χ0v) is 17.7. The molecule has 7 heteroatoms. The van der Waals surface area contributed by atoms with Crippen LogP contribution in [0.5, 0.6) is 5.75 Å². The van der Waals surface area contributed by atoms with Crippen LogP contribution in [0, 0.1) is 5.92 Å². The molecule has 0 saturated heterocycles. The third-order valence-electron chi connectivity index (χ3n) is 4.46. The number of thioether (sulfide) groups is 1. The van der Waals surface area contributed by atoms with E-state index in [2.05, 4.69) is 29.4 Å². The van der Waals surface area contributed by atoms with Gasteiger partial charge in [-0.3, -0.25) is 4.79 Å². The Labute approximate surface area is 175 Å². The summed E-state index contributed by atoms with van der Waals surface area (Å²) in [5.41, 5.74) is 0.632. The molecular weight excluding hydrogens is 384 g/mol. The van der Waals surface area contributed by atoms with Crippen LogP contribution in [0.3, 0.4) is 0 Å². The lowest BCUT2D eigenvalue weighted by molar-refractivity contribution is 0.0922. The fourth-order valence-electron chi connectivity index (χ4n) is 2.88. The maximum atomic E-state index is 12.6. The van der Waals surface area contributed by atoms with Crippen molar-refractivity contribution in [1.82, 2.24) is 20.1 Å². The second-order valence-corrected chi connectivity index (χ2v) is 8.03. The lowest BCUT2D eigenvalue weighted by atomic mass is 10.0. The first-order valence-electron chi connectivity index (χ1n) is 9.62. The number of nitrogens with one attached hydrogen (secondary N) is 1. The van der Waals surface area contributed by atoms with Crippen LogP contribution in [-0.4, -0.2) is 33.0 Å². The summed E-state index contributed by atoms with van der Waals surface area (Å²) in [7, 11) is 1.93. The first-order valence-corrected chi connectivity index (χ1v) is 10.6. The number of rotatable bonds is 9. The third-order valence-corrected chi connectivity index (χ3v) is 5.45. The molecule has 6 nitrogen and oxygen atoms in total. The van der Waals surface area contributed by atoms with Crippen LogP contribution in [0.1, 0.15) is 36.1 Å². The van der Waals surface area contributed by atoms with Gasteiger partial charge in [-0.05, 0) is 30.2 Å².